The van der Waals surface area contributed by atoms with E-state index < -0.39 is 0 Å². The first kappa shape index (κ1) is 16.7. The van der Waals surface area contributed by atoms with Gasteiger partial charge in [0.25, 0.3) is 0 Å². The summed E-state index contributed by atoms with van der Waals surface area (Å²) in [6, 6.07) is 0.708. The van der Waals surface area contributed by atoms with Crippen LogP contribution in [0.5, 0.6) is 0 Å². The molecule has 0 saturated carbocycles. The SMILES string of the molecule is CCC(C)N1CCN(c2ncc(CNCC(C)C)s2)CC1. The van der Waals surface area contributed by atoms with E-state index in [9.17, 15) is 0 Å². The van der Waals surface area contributed by atoms with E-state index in [4.69, 9.17) is 0 Å². The zero-order valence-electron chi connectivity index (χ0n) is 13.9. The standard InChI is InChI=1S/C16H30N4S/c1-5-14(4)19-6-8-20(9-7-19)16-18-12-15(21-16)11-17-10-13(2)3/h12-14,17H,5-11H2,1-4H3. The molecule has 120 valence electrons. The van der Waals surface area contributed by atoms with E-state index in [2.05, 4.69) is 47.8 Å². The Morgan fingerprint density at radius 3 is 2.57 bits per heavy atom. The van der Waals surface area contributed by atoms with E-state index in [1.54, 1.807) is 0 Å². The number of nitrogens with one attached hydrogen (secondary N) is 1. The van der Waals surface area contributed by atoms with Gasteiger partial charge < -0.3 is 10.2 Å². The maximum Gasteiger partial charge on any atom is 0.185 e. The van der Waals surface area contributed by atoms with Gasteiger partial charge in [-0.2, -0.15) is 0 Å². The molecule has 1 aliphatic heterocycles. The van der Waals surface area contributed by atoms with Gasteiger partial charge in [0.15, 0.2) is 5.13 Å². The minimum absolute atomic E-state index is 0.700. The molecule has 2 heterocycles. The van der Waals surface area contributed by atoms with Crippen LogP contribution >= 0.6 is 11.3 Å². The summed E-state index contributed by atoms with van der Waals surface area (Å²) in [7, 11) is 0. The third-order valence-corrected chi connectivity index (χ3v) is 5.25. The number of anilines is 1. The van der Waals surface area contributed by atoms with Crippen molar-refractivity contribution in [3.8, 4) is 0 Å². The molecule has 2 rings (SSSR count). The second-order valence-corrected chi connectivity index (χ2v) is 7.51. The van der Waals surface area contributed by atoms with Gasteiger partial charge in [0, 0.05) is 49.8 Å². The molecule has 0 spiro atoms. The highest BCUT2D eigenvalue weighted by Crippen LogP contribution is 2.24. The average molecular weight is 311 g/mol. The summed E-state index contributed by atoms with van der Waals surface area (Å²) in [5, 5.41) is 4.69. The number of aromatic nitrogens is 1. The molecule has 1 aromatic heterocycles. The molecule has 21 heavy (non-hydrogen) atoms. The Hall–Kier alpha value is -0.650. The van der Waals surface area contributed by atoms with Gasteiger partial charge in [0.05, 0.1) is 0 Å². The molecule has 0 amide bonds. The molecule has 1 aromatic rings. The van der Waals surface area contributed by atoms with E-state index in [1.165, 1.54) is 16.4 Å². The zero-order chi connectivity index (χ0) is 15.2. The Kier molecular flexibility index (Phi) is 6.45. The minimum Gasteiger partial charge on any atom is -0.346 e. The van der Waals surface area contributed by atoms with Crippen LogP contribution in [0.2, 0.25) is 0 Å². The highest BCUT2D eigenvalue weighted by atomic mass is 32.1. The predicted molar refractivity (Wildman–Crippen MR) is 92.2 cm³/mol. The smallest absolute Gasteiger partial charge is 0.185 e. The van der Waals surface area contributed by atoms with Crippen molar-refractivity contribution in [2.24, 2.45) is 5.92 Å². The molecule has 1 fully saturated rings. The quantitative estimate of drug-likeness (QED) is 0.839. The van der Waals surface area contributed by atoms with Crippen molar-refractivity contribution in [1.29, 1.82) is 0 Å². The van der Waals surface area contributed by atoms with Gasteiger partial charge in [-0.1, -0.05) is 20.8 Å². The number of thiazole rings is 1. The molecule has 5 heteroatoms. The first-order valence-corrected chi connectivity index (χ1v) is 9.06. The molecule has 1 aliphatic rings. The summed E-state index contributed by atoms with van der Waals surface area (Å²) in [5.41, 5.74) is 0. The van der Waals surface area contributed by atoms with Crippen molar-refractivity contribution in [2.75, 3.05) is 37.6 Å². The average Bonchev–Trinajstić information content (AvgIpc) is 2.95. The van der Waals surface area contributed by atoms with Crippen LogP contribution in [0.4, 0.5) is 5.13 Å². The van der Waals surface area contributed by atoms with Crippen LogP contribution < -0.4 is 10.2 Å². The van der Waals surface area contributed by atoms with Gasteiger partial charge >= 0.3 is 0 Å². The van der Waals surface area contributed by atoms with Crippen LogP contribution in [0, 0.1) is 5.92 Å². The van der Waals surface area contributed by atoms with E-state index in [-0.39, 0.29) is 0 Å². The number of hydrogen-bond donors (Lipinski definition) is 1. The summed E-state index contributed by atoms with van der Waals surface area (Å²) in [6.45, 7) is 15.6. The fraction of sp³-hybridized carbons (Fsp3) is 0.812. The van der Waals surface area contributed by atoms with Crippen LogP contribution in [0.25, 0.3) is 0 Å². The minimum atomic E-state index is 0.700. The molecule has 0 aromatic carbocycles. The highest BCUT2D eigenvalue weighted by molar-refractivity contribution is 7.15. The van der Waals surface area contributed by atoms with Crippen molar-refractivity contribution in [3.63, 3.8) is 0 Å². The largest absolute Gasteiger partial charge is 0.346 e. The van der Waals surface area contributed by atoms with Gasteiger partial charge in [-0.15, -0.1) is 11.3 Å². The third kappa shape index (κ3) is 4.94. The van der Waals surface area contributed by atoms with E-state index in [1.807, 2.05) is 17.5 Å². The van der Waals surface area contributed by atoms with Crippen LogP contribution in [0.15, 0.2) is 6.20 Å². The molecule has 0 aliphatic carbocycles. The van der Waals surface area contributed by atoms with Crippen LogP contribution in [-0.2, 0) is 6.54 Å². The molecule has 1 atom stereocenters. The van der Waals surface area contributed by atoms with Crippen LogP contribution in [0.3, 0.4) is 0 Å². The fourth-order valence-corrected chi connectivity index (χ4v) is 3.55. The zero-order valence-corrected chi connectivity index (χ0v) is 14.7. The lowest BCUT2D eigenvalue weighted by Gasteiger charge is -2.37. The maximum absolute atomic E-state index is 4.61. The topological polar surface area (TPSA) is 31.4 Å². The molecule has 0 bridgehead atoms. The normalized spacial score (nSPS) is 18.4. The number of rotatable bonds is 7. The van der Waals surface area contributed by atoms with Gasteiger partial charge in [0.1, 0.15) is 0 Å². The monoisotopic (exact) mass is 310 g/mol. The Labute approximate surface area is 133 Å². The lowest BCUT2D eigenvalue weighted by molar-refractivity contribution is 0.193. The number of hydrogen-bond acceptors (Lipinski definition) is 5. The van der Waals surface area contributed by atoms with Gasteiger partial charge in [-0.25, -0.2) is 4.98 Å². The lowest BCUT2D eigenvalue weighted by Crippen LogP contribution is -2.49. The third-order valence-electron chi connectivity index (χ3n) is 4.19. The Morgan fingerprint density at radius 2 is 1.95 bits per heavy atom. The molecule has 1 N–H and O–H groups in total. The van der Waals surface area contributed by atoms with Crippen molar-refractivity contribution in [2.45, 2.75) is 46.7 Å². The van der Waals surface area contributed by atoms with E-state index in [0.717, 1.165) is 39.3 Å². The van der Waals surface area contributed by atoms with Crippen molar-refractivity contribution < 1.29 is 0 Å². The predicted octanol–water partition coefficient (Wildman–Crippen LogP) is 2.81. The summed E-state index contributed by atoms with van der Waals surface area (Å²) in [6.07, 6.45) is 3.28. The molecule has 0 radical (unpaired) electrons. The van der Waals surface area contributed by atoms with Crippen molar-refractivity contribution in [1.82, 2.24) is 15.2 Å². The molecule has 1 saturated heterocycles. The van der Waals surface area contributed by atoms with Crippen molar-refractivity contribution in [3.05, 3.63) is 11.1 Å². The Bertz CT molecular complexity index is 410. The maximum atomic E-state index is 4.61. The molecular formula is C16H30N4S. The van der Waals surface area contributed by atoms with Crippen molar-refractivity contribution >= 4 is 16.5 Å². The molecular weight excluding hydrogens is 280 g/mol. The number of piperazine rings is 1. The summed E-state index contributed by atoms with van der Waals surface area (Å²) in [4.78, 5) is 11.0. The summed E-state index contributed by atoms with van der Waals surface area (Å²) < 4.78 is 0. The first-order valence-electron chi connectivity index (χ1n) is 8.24. The van der Waals surface area contributed by atoms with Gasteiger partial charge in [-0.3, -0.25) is 4.90 Å². The Morgan fingerprint density at radius 1 is 1.24 bits per heavy atom. The second kappa shape index (κ2) is 8.11. The van der Waals surface area contributed by atoms with E-state index >= 15 is 0 Å². The Balaban J connectivity index is 1.80. The molecule has 1 unspecified atom stereocenters. The van der Waals surface area contributed by atoms with Gasteiger partial charge in [-0.05, 0) is 25.8 Å². The lowest BCUT2D eigenvalue weighted by atomic mass is 10.2. The summed E-state index contributed by atoms with van der Waals surface area (Å²) >= 11 is 1.84. The van der Waals surface area contributed by atoms with Crippen LogP contribution in [0.1, 0.15) is 39.0 Å². The van der Waals surface area contributed by atoms with Gasteiger partial charge in [0.2, 0.25) is 0 Å². The highest BCUT2D eigenvalue weighted by Gasteiger charge is 2.21. The second-order valence-electron chi connectivity index (χ2n) is 6.41. The fourth-order valence-electron chi connectivity index (χ4n) is 2.62. The summed E-state index contributed by atoms with van der Waals surface area (Å²) in [5.74, 6) is 0.700. The molecule has 4 nitrogen and oxygen atoms in total. The van der Waals surface area contributed by atoms with Crippen LogP contribution in [-0.4, -0.2) is 48.6 Å². The van der Waals surface area contributed by atoms with E-state index in [0.29, 0.717) is 12.0 Å². The number of nitrogens with zero attached hydrogens (tertiary/aromatic N) is 3. The first-order chi connectivity index (χ1) is 10.1.